The van der Waals surface area contributed by atoms with Gasteiger partial charge in [-0.2, -0.15) is 0 Å². The zero-order valence-corrected chi connectivity index (χ0v) is 11.4. The Morgan fingerprint density at radius 1 is 1.00 bits per heavy atom. The molecule has 0 aromatic heterocycles. The molecule has 2 N–H and O–H groups in total. The fourth-order valence-corrected chi connectivity index (χ4v) is 2.84. The maximum absolute atomic E-state index is 13.9. The molecule has 1 aliphatic heterocycles. The van der Waals surface area contributed by atoms with Crippen LogP contribution in [0.1, 0.15) is 17.0 Å². The molecule has 0 amide bonds. The zero-order valence-electron chi connectivity index (χ0n) is 11.4. The van der Waals surface area contributed by atoms with Gasteiger partial charge in [-0.25, -0.2) is 4.39 Å². The van der Waals surface area contributed by atoms with E-state index in [1.165, 1.54) is 5.56 Å². The van der Waals surface area contributed by atoms with Crippen LogP contribution < -0.4 is 10.6 Å². The van der Waals surface area contributed by atoms with E-state index in [0.717, 1.165) is 25.2 Å². The predicted molar refractivity (Wildman–Crippen MR) is 79.1 cm³/mol. The van der Waals surface area contributed by atoms with E-state index >= 15 is 0 Å². The third-order valence-electron chi connectivity index (χ3n) is 3.93. The Morgan fingerprint density at radius 2 is 1.75 bits per heavy atom. The Labute approximate surface area is 119 Å². The molecule has 3 heteroatoms. The van der Waals surface area contributed by atoms with Crippen molar-refractivity contribution in [3.05, 3.63) is 71.5 Å². The monoisotopic (exact) mass is 270 g/mol. The van der Waals surface area contributed by atoms with Gasteiger partial charge in [-0.15, -0.1) is 0 Å². The van der Waals surface area contributed by atoms with Crippen LogP contribution in [0.25, 0.3) is 0 Å². The minimum Gasteiger partial charge on any atom is -0.314 e. The quantitative estimate of drug-likeness (QED) is 0.892. The molecule has 2 aromatic carbocycles. The van der Waals surface area contributed by atoms with Gasteiger partial charge in [0.25, 0.3) is 0 Å². The molecule has 0 radical (unpaired) electrons. The summed E-state index contributed by atoms with van der Waals surface area (Å²) < 4.78 is 13.9. The molecule has 0 spiro atoms. The van der Waals surface area contributed by atoms with Crippen LogP contribution in [0.3, 0.4) is 0 Å². The molecule has 104 valence electrons. The summed E-state index contributed by atoms with van der Waals surface area (Å²) in [5.41, 5.74) is 2.06. The van der Waals surface area contributed by atoms with Gasteiger partial charge >= 0.3 is 0 Å². The van der Waals surface area contributed by atoms with Crippen molar-refractivity contribution in [1.29, 1.82) is 0 Å². The first kappa shape index (κ1) is 13.3. The summed E-state index contributed by atoms with van der Waals surface area (Å²) in [5, 5.41) is 6.90. The highest BCUT2D eigenvalue weighted by molar-refractivity contribution is 5.25. The van der Waals surface area contributed by atoms with E-state index in [2.05, 4.69) is 22.8 Å². The van der Waals surface area contributed by atoms with Crippen molar-refractivity contribution in [3.8, 4) is 0 Å². The largest absolute Gasteiger partial charge is 0.314 e. The molecule has 1 saturated heterocycles. The van der Waals surface area contributed by atoms with Gasteiger partial charge in [0.1, 0.15) is 5.82 Å². The zero-order chi connectivity index (χ0) is 13.8. The maximum Gasteiger partial charge on any atom is 0.126 e. The SMILES string of the molecule is Fc1ccccc1C1CNCC1NCc1ccccc1. The normalized spacial score (nSPS) is 22.1. The first-order chi connectivity index (χ1) is 9.84. The van der Waals surface area contributed by atoms with Crippen molar-refractivity contribution in [2.45, 2.75) is 18.5 Å². The number of nitrogens with one attached hydrogen (secondary N) is 2. The standard InChI is InChI=1S/C17H19FN2/c18-16-9-5-4-8-14(16)15-11-19-12-17(15)20-10-13-6-2-1-3-7-13/h1-9,15,17,19-20H,10-12H2. The average molecular weight is 270 g/mol. The van der Waals surface area contributed by atoms with Gasteiger partial charge in [0.05, 0.1) is 0 Å². The van der Waals surface area contributed by atoms with E-state index in [9.17, 15) is 4.39 Å². The Morgan fingerprint density at radius 3 is 2.55 bits per heavy atom. The molecule has 2 nitrogen and oxygen atoms in total. The van der Waals surface area contributed by atoms with Gasteiger partial charge in [0.2, 0.25) is 0 Å². The van der Waals surface area contributed by atoms with Crippen molar-refractivity contribution < 1.29 is 4.39 Å². The first-order valence-electron chi connectivity index (χ1n) is 7.07. The van der Waals surface area contributed by atoms with Crippen molar-refractivity contribution >= 4 is 0 Å². The summed E-state index contributed by atoms with van der Waals surface area (Å²) in [5.74, 6) is 0.0904. The molecule has 2 unspecified atom stereocenters. The van der Waals surface area contributed by atoms with Gasteiger partial charge < -0.3 is 10.6 Å². The number of benzene rings is 2. The molecular formula is C17H19FN2. The fraction of sp³-hybridized carbons (Fsp3) is 0.294. The van der Waals surface area contributed by atoms with Crippen LogP contribution >= 0.6 is 0 Å². The van der Waals surface area contributed by atoms with Crippen LogP contribution in [0.2, 0.25) is 0 Å². The second-order valence-electron chi connectivity index (χ2n) is 5.26. The van der Waals surface area contributed by atoms with Gasteiger partial charge in [-0.3, -0.25) is 0 Å². The van der Waals surface area contributed by atoms with Crippen LogP contribution in [-0.4, -0.2) is 19.1 Å². The van der Waals surface area contributed by atoms with Gasteiger partial charge in [0, 0.05) is 31.6 Å². The molecular weight excluding hydrogens is 251 g/mol. The van der Waals surface area contributed by atoms with E-state index in [1.807, 2.05) is 30.3 Å². The van der Waals surface area contributed by atoms with Crippen LogP contribution in [0.5, 0.6) is 0 Å². The van der Waals surface area contributed by atoms with Gasteiger partial charge in [-0.05, 0) is 17.2 Å². The molecule has 20 heavy (non-hydrogen) atoms. The molecule has 2 atom stereocenters. The summed E-state index contributed by atoms with van der Waals surface area (Å²) in [6.07, 6.45) is 0. The molecule has 3 rings (SSSR count). The molecule has 1 heterocycles. The second kappa shape index (κ2) is 6.16. The van der Waals surface area contributed by atoms with Crippen LogP contribution in [0.4, 0.5) is 4.39 Å². The molecule has 2 aromatic rings. The Kier molecular flexibility index (Phi) is 4.09. The number of rotatable bonds is 4. The van der Waals surface area contributed by atoms with Gasteiger partial charge in [-0.1, -0.05) is 48.5 Å². The van der Waals surface area contributed by atoms with Crippen molar-refractivity contribution in [2.75, 3.05) is 13.1 Å². The molecule has 1 fully saturated rings. The minimum atomic E-state index is -0.104. The first-order valence-corrected chi connectivity index (χ1v) is 7.07. The maximum atomic E-state index is 13.9. The smallest absolute Gasteiger partial charge is 0.126 e. The Bertz CT molecular complexity index is 556. The van der Waals surface area contributed by atoms with Crippen molar-refractivity contribution in [1.82, 2.24) is 10.6 Å². The topological polar surface area (TPSA) is 24.1 Å². The van der Waals surface area contributed by atoms with Crippen molar-refractivity contribution in [3.63, 3.8) is 0 Å². The lowest BCUT2D eigenvalue weighted by Gasteiger charge is -2.21. The number of hydrogen-bond acceptors (Lipinski definition) is 2. The predicted octanol–water partition coefficient (Wildman–Crippen LogP) is 2.67. The molecule has 0 saturated carbocycles. The number of hydrogen-bond donors (Lipinski definition) is 2. The van der Waals surface area contributed by atoms with Gasteiger partial charge in [0.15, 0.2) is 0 Å². The van der Waals surface area contributed by atoms with E-state index in [-0.39, 0.29) is 17.8 Å². The summed E-state index contributed by atoms with van der Waals surface area (Å²) in [6, 6.07) is 17.7. The number of halogens is 1. The third kappa shape index (κ3) is 2.89. The highest BCUT2D eigenvalue weighted by Gasteiger charge is 2.29. The van der Waals surface area contributed by atoms with Crippen molar-refractivity contribution in [2.24, 2.45) is 0 Å². The van der Waals surface area contributed by atoms with E-state index in [1.54, 1.807) is 12.1 Å². The third-order valence-corrected chi connectivity index (χ3v) is 3.93. The second-order valence-corrected chi connectivity index (χ2v) is 5.26. The van der Waals surface area contributed by atoms with E-state index in [0.29, 0.717) is 0 Å². The lowest BCUT2D eigenvalue weighted by Crippen LogP contribution is -2.34. The fourth-order valence-electron chi connectivity index (χ4n) is 2.84. The van der Waals surface area contributed by atoms with E-state index in [4.69, 9.17) is 0 Å². The lowest BCUT2D eigenvalue weighted by atomic mass is 9.93. The molecule has 0 aliphatic carbocycles. The summed E-state index contributed by atoms with van der Waals surface area (Å²) >= 11 is 0. The van der Waals surface area contributed by atoms with E-state index < -0.39 is 0 Å². The van der Waals surface area contributed by atoms with Crippen LogP contribution in [0, 0.1) is 5.82 Å². The van der Waals surface area contributed by atoms with Crippen LogP contribution in [-0.2, 0) is 6.54 Å². The van der Waals surface area contributed by atoms with Crippen LogP contribution in [0.15, 0.2) is 54.6 Å². The summed E-state index contributed by atoms with van der Waals surface area (Å²) in [4.78, 5) is 0. The Hall–Kier alpha value is -1.71. The Balaban J connectivity index is 1.69. The summed E-state index contributed by atoms with van der Waals surface area (Å²) in [7, 11) is 0. The highest BCUT2D eigenvalue weighted by Crippen LogP contribution is 2.25. The lowest BCUT2D eigenvalue weighted by molar-refractivity contribution is 0.486. The highest BCUT2D eigenvalue weighted by atomic mass is 19.1. The molecule has 1 aliphatic rings. The molecule has 0 bridgehead atoms. The summed E-state index contributed by atoms with van der Waals surface area (Å²) in [6.45, 7) is 2.53. The minimum absolute atomic E-state index is 0.104. The average Bonchev–Trinajstić information content (AvgIpc) is 2.95.